The van der Waals surface area contributed by atoms with Crippen molar-refractivity contribution in [3.05, 3.63) is 68.0 Å². The Labute approximate surface area is 154 Å². The summed E-state index contributed by atoms with van der Waals surface area (Å²) in [5, 5.41) is 6.77. The normalized spacial score (nSPS) is 11.2. The van der Waals surface area contributed by atoms with Crippen LogP contribution in [0.4, 0.5) is 0 Å². The number of aromatic nitrogens is 3. The van der Waals surface area contributed by atoms with Crippen LogP contribution in [0.1, 0.15) is 22.0 Å². The number of hydrogen-bond acceptors (Lipinski definition) is 5. The van der Waals surface area contributed by atoms with Crippen molar-refractivity contribution in [3.63, 3.8) is 0 Å². The first-order chi connectivity index (χ1) is 12.5. The third-order valence-corrected chi connectivity index (χ3v) is 4.75. The lowest BCUT2D eigenvalue weighted by Gasteiger charge is -2.07. The molecule has 0 aliphatic heterocycles. The second-order valence-electron chi connectivity index (χ2n) is 5.81. The molecular weight excluding hydrogens is 350 g/mol. The molecule has 2 aromatic heterocycles. The van der Waals surface area contributed by atoms with Gasteiger partial charge in [-0.25, -0.2) is 15.1 Å². The van der Waals surface area contributed by atoms with Gasteiger partial charge in [0, 0.05) is 18.0 Å². The van der Waals surface area contributed by atoms with Crippen LogP contribution in [0.3, 0.4) is 0 Å². The highest BCUT2D eigenvalue weighted by atomic mass is 32.1. The molecule has 0 bridgehead atoms. The molecule has 7 nitrogen and oxygen atoms in total. The van der Waals surface area contributed by atoms with Gasteiger partial charge in [-0.05, 0) is 26.0 Å². The molecule has 2 heterocycles. The van der Waals surface area contributed by atoms with Gasteiger partial charge in [-0.2, -0.15) is 5.10 Å². The van der Waals surface area contributed by atoms with Gasteiger partial charge >= 0.3 is 0 Å². The smallest absolute Gasteiger partial charge is 0.274 e. The number of aryl methyl sites for hydroxylation is 1. The molecule has 0 radical (unpaired) electrons. The maximum absolute atomic E-state index is 12.5. The Bertz CT molecular complexity index is 1010. The SMILES string of the molecule is Cc1nc(CC(=O)N/N=C\c2c(C)c(=O)n(-c3ccccc3)n2C)cs1. The van der Waals surface area contributed by atoms with Gasteiger partial charge in [0.2, 0.25) is 5.91 Å². The fraction of sp³-hybridized carbons (Fsp3) is 0.222. The number of carbonyl (C=O) groups is 1. The van der Waals surface area contributed by atoms with Crippen LogP contribution in [-0.2, 0) is 18.3 Å². The Balaban J connectivity index is 1.77. The number of nitrogens with zero attached hydrogens (tertiary/aromatic N) is 4. The van der Waals surface area contributed by atoms with E-state index in [0.717, 1.165) is 16.4 Å². The van der Waals surface area contributed by atoms with Crippen molar-refractivity contribution in [3.8, 4) is 5.69 Å². The summed E-state index contributed by atoms with van der Waals surface area (Å²) in [5.74, 6) is -0.253. The zero-order valence-electron chi connectivity index (χ0n) is 14.8. The van der Waals surface area contributed by atoms with Gasteiger partial charge < -0.3 is 0 Å². The molecule has 134 valence electrons. The molecule has 26 heavy (non-hydrogen) atoms. The Kier molecular flexibility index (Phi) is 5.13. The minimum atomic E-state index is -0.253. The van der Waals surface area contributed by atoms with E-state index in [-0.39, 0.29) is 17.9 Å². The standard InChI is InChI=1S/C18H19N5O2S/c1-12-16(10-19-21-17(24)9-14-11-26-13(2)20-14)22(3)23(18(12)25)15-7-5-4-6-8-15/h4-8,10-11H,9H2,1-3H3,(H,21,24)/b19-10-. The Morgan fingerprint density at radius 2 is 2.04 bits per heavy atom. The molecule has 0 spiro atoms. The van der Waals surface area contributed by atoms with Gasteiger partial charge in [0.1, 0.15) is 0 Å². The zero-order chi connectivity index (χ0) is 18.7. The number of rotatable bonds is 5. The number of amides is 1. The summed E-state index contributed by atoms with van der Waals surface area (Å²) in [6, 6.07) is 9.36. The molecule has 1 amide bonds. The lowest BCUT2D eigenvalue weighted by Crippen LogP contribution is -2.21. The van der Waals surface area contributed by atoms with Gasteiger partial charge in [-0.1, -0.05) is 18.2 Å². The van der Waals surface area contributed by atoms with Crippen molar-refractivity contribution in [1.82, 2.24) is 19.8 Å². The Hall–Kier alpha value is -3.00. The molecule has 8 heteroatoms. The van der Waals surface area contributed by atoms with Gasteiger partial charge in [0.05, 0.1) is 34.7 Å². The minimum Gasteiger partial charge on any atom is -0.279 e. The van der Waals surface area contributed by atoms with E-state index in [1.165, 1.54) is 17.6 Å². The van der Waals surface area contributed by atoms with E-state index < -0.39 is 0 Å². The first kappa shape index (κ1) is 17.8. The minimum absolute atomic E-state index is 0.121. The third kappa shape index (κ3) is 3.65. The van der Waals surface area contributed by atoms with Crippen molar-refractivity contribution in [2.45, 2.75) is 20.3 Å². The van der Waals surface area contributed by atoms with Gasteiger partial charge in [-0.3, -0.25) is 14.3 Å². The van der Waals surface area contributed by atoms with Crippen LogP contribution >= 0.6 is 11.3 Å². The monoisotopic (exact) mass is 369 g/mol. The van der Waals surface area contributed by atoms with E-state index in [1.807, 2.05) is 42.6 Å². The summed E-state index contributed by atoms with van der Waals surface area (Å²) in [6.45, 7) is 3.63. The fourth-order valence-corrected chi connectivity index (χ4v) is 3.27. The van der Waals surface area contributed by atoms with Crippen LogP contribution in [-0.4, -0.2) is 26.5 Å². The highest BCUT2D eigenvalue weighted by Gasteiger charge is 2.14. The topological polar surface area (TPSA) is 81.3 Å². The molecule has 0 aliphatic carbocycles. The Morgan fingerprint density at radius 3 is 2.69 bits per heavy atom. The van der Waals surface area contributed by atoms with E-state index in [2.05, 4.69) is 15.5 Å². The quantitative estimate of drug-likeness (QED) is 0.551. The summed E-state index contributed by atoms with van der Waals surface area (Å²) < 4.78 is 3.28. The zero-order valence-corrected chi connectivity index (χ0v) is 15.6. The van der Waals surface area contributed by atoms with E-state index in [9.17, 15) is 9.59 Å². The summed E-state index contributed by atoms with van der Waals surface area (Å²) in [6.07, 6.45) is 1.66. The number of nitrogens with one attached hydrogen (secondary N) is 1. The lowest BCUT2D eigenvalue weighted by molar-refractivity contribution is -0.120. The summed E-state index contributed by atoms with van der Waals surface area (Å²) >= 11 is 1.50. The number of hydrogen-bond donors (Lipinski definition) is 1. The van der Waals surface area contributed by atoms with Crippen molar-refractivity contribution < 1.29 is 4.79 Å². The van der Waals surface area contributed by atoms with Crippen LogP contribution in [0.25, 0.3) is 5.69 Å². The predicted octanol–water partition coefficient (Wildman–Crippen LogP) is 1.94. The van der Waals surface area contributed by atoms with Crippen molar-refractivity contribution in [1.29, 1.82) is 0 Å². The third-order valence-electron chi connectivity index (χ3n) is 3.93. The van der Waals surface area contributed by atoms with Crippen LogP contribution in [0.2, 0.25) is 0 Å². The molecule has 1 aromatic carbocycles. The average molecular weight is 369 g/mol. The molecule has 0 atom stereocenters. The van der Waals surface area contributed by atoms with E-state index in [4.69, 9.17) is 0 Å². The fourth-order valence-electron chi connectivity index (χ4n) is 2.65. The summed E-state index contributed by atoms with van der Waals surface area (Å²) in [4.78, 5) is 28.7. The molecule has 3 rings (SSSR count). The number of hydrazone groups is 1. The summed E-state index contributed by atoms with van der Waals surface area (Å²) in [7, 11) is 1.78. The van der Waals surface area contributed by atoms with Gasteiger partial charge in [0.25, 0.3) is 5.56 Å². The first-order valence-electron chi connectivity index (χ1n) is 8.04. The van der Waals surface area contributed by atoms with Crippen molar-refractivity contribution in [2.24, 2.45) is 12.1 Å². The molecule has 0 saturated heterocycles. The number of carbonyl (C=O) groups excluding carboxylic acids is 1. The van der Waals surface area contributed by atoms with E-state index in [0.29, 0.717) is 11.3 Å². The van der Waals surface area contributed by atoms with Crippen LogP contribution < -0.4 is 11.0 Å². The van der Waals surface area contributed by atoms with E-state index in [1.54, 1.807) is 23.3 Å². The average Bonchev–Trinajstić information content (AvgIpc) is 3.11. The van der Waals surface area contributed by atoms with Crippen LogP contribution in [0.15, 0.2) is 45.6 Å². The van der Waals surface area contributed by atoms with Crippen molar-refractivity contribution in [2.75, 3.05) is 0 Å². The second-order valence-corrected chi connectivity index (χ2v) is 6.88. The second kappa shape index (κ2) is 7.49. The van der Waals surface area contributed by atoms with E-state index >= 15 is 0 Å². The maximum Gasteiger partial charge on any atom is 0.274 e. The summed E-state index contributed by atoms with van der Waals surface area (Å²) in [5.41, 5.74) is 5.04. The maximum atomic E-state index is 12.5. The number of thiazole rings is 1. The predicted molar refractivity (Wildman–Crippen MR) is 102 cm³/mol. The molecule has 3 aromatic rings. The number of benzene rings is 1. The molecule has 0 saturated carbocycles. The van der Waals surface area contributed by atoms with Crippen molar-refractivity contribution >= 4 is 23.5 Å². The Morgan fingerprint density at radius 1 is 1.31 bits per heavy atom. The largest absolute Gasteiger partial charge is 0.279 e. The first-order valence-corrected chi connectivity index (χ1v) is 8.92. The molecule has 0 fully saturated rings. The van der Waals surface area contributed by atoms with Crippen LogP contribution in [0.5, 0.6) is 0 Å². The highest BCUT2D eigenvalue weighted by Crippen LogP contribution is 2.09. The van der Waals surface area contributed by atoms with Gasteiger partial charge in [-0.15, -0.1) is 11.3 Å². The molecular formula is C18H19N5O2S. The number of para-hydroxylation sites is 1. The molecule has 0 aliphatic rings. The lowest BCUT2D eigenvalue weighted by atomic mass is 10.3. The highest BCUT2D eigenvalue weighted by molar-refractivity contribution is 7.09. The van der Waals surface area contributed by atoms with Gasteiger partial charge in [0.15, 0.2) is 0 Å². The molecule has 0 unspecified atom stereocenters. The van der Waals surface area contributed by atoms with Crippen LogP contribution in [0, 0.1) is 13.8 Å². The molecule has 1 N–H and O–H groups in total.